The van der Waals surface area contributed by atoms with Crippen molar-refractivity contribution in [3.05, 3.63) is 60.3 Å². The van der Waals surface area contributed by atoms with Gasteiger partial charge in [-0.2, -0.15) is 0 Å². The summed E-state index contributed by atoms with van der Waals surface area (Å²) in [6, 6.07) is 15.4. The van der Waals surface area contributed by atoms with Crippen LogP contribution in [0.5, 0.6) is 0 Å². The smallest absolute Gasteiger partial charge is 0.204 e. The van der Waals surface area contributed by atoms with Crippen molar-refractivity contribution in [2.45, 2.75) is 34.1 Å². The van der Waals surface area contributed by atoms with Crippen LogP contribution in [0.15, 0.2) is 57.4 Å². The van der Waals surface area contributed by atoms with Gasteiger partial charge < -0.3 is 8.83 Å². The Hall–Kier alpha value is -2.62. The van der Waals surface area contributed by atoms with Gasteiger partial charge in [0.2, 0.25) is 11.8 Å². The van der Waals surface area contributed by atoms with E-state index in [0.29, 0.717) is 18.2 Å². The first-order valence-corrected chi connectivity index (χ1v) is 8.07. The largest absolute Gasteiger partial charge is 0.440 e. The van der Waals surface area contributed by atoms with Crippen molar-refractivity contribution in [2.75, 3.05) is 0 Å². The van der Waals surface area contributed by atoms with Gasteiger partial charge in [-0.1, -0.05) is 52.0 Å². The van der Waals surface area contributed by atoms with E-state index in [9.17, 15) is 0 Å². The Labute approximate surface area is 136 Å². The summed E-state index contributed by atoms with van der Waals surface area (Å²) < 4.78 is 11.3. The van der Waals surface area contributed by atoms with E-state index in [1.54, 1.807) is 0 Å². The van der Waals surface area contributed by atoms with E-state index in [2.05, 4.69) is 9.97 Å². The molecule has 2 aromatic carbocycles. The third-order valence-electron chi connectivity index (χ3n) is 2.98. The van der Waals surface area contributed by atoms with Crippen LogP contribution in [0.4, 0.5) is 0 Å². The molecule has 0 aliphatic carbocycles. The summed E-state index contributed by atoms with van der Waals surface area (Å²) in [4.78, 5) is 8.82. The van der Waals surface area contributed by atoms with Crippen LogP contribution in [-0.4, -0.2) is 9.97 Å². The van der Waals surface area contributed by atoms with Gasteiger partial charge in [0.15, 0.2) is 11.2 Å². The number of para-hydroxylation sites is 4. The summed E-state index contributed by atoms with van der Waals surface area (Å²) in [6.45, 7) is 8.00. The molecule has 2 heterocycles. The quantitative estimate of drug-likeness (QED) is 0.482. The average molecular weight is 310 g/mol. The normalized spacial score (nSPS) is 9.91. The Bertz CT molecular complexity index is 724. The van der Waals surface area contributed by atoms with E-state index in [1.165, 1.54) is 0 Å². The summed E-state index contributed by atoms with van der Waals surface area (Å²) in [5.41, 5.74) is 3.28. The van der Waals surface area contributed by atoms with Gasteiger partial charge >= 0.3 is 0 Å². The van der Waals surface area contributed by atoms with Gasteiger partial charge in [-0.15, -0.1) is 0 Å². The van der Waals surface area contributed by atoms with Crippen molar-refractivity contribution in [2.24, 2.45) is 0 Å². The second-order valence-corrected chi connectivity index (χ2v) is 4.33. The maximum absolute atomic E-state index is 5.66. The van der Waals surface area contributed by atoms with Gasteiger partial charge in [-0.25, -0.2) is 9.97 Å². The highest BCUT2D eigenvalue weighted by Gasteiger charge is 2.11. The van der Waals surface area contributed by atoms with Crippen LogP contribution in [0.1, 0.15) is 39.5 Å². The van der Waals surface area contributed by atoms with Crippen molar-refractivity contribution in [3.63, 3.8) is 0 Å². The molecule has 0 bridgehead atoms. The predicted octanol–water partition coefficient (Wildman–Crippen LogP) is 5.61. The van der Waals surface area contributed by atoms with Crippen LogP contribution in [-0.2, 0) is 6.42 Å². The highest BCUT2D eigenvalue weighted by molar-refractivity contribution is 5.73. The van der Waals surface area contributed by atoms with Crippen molar-refractivity contribution < 1.29 is 8.83 Å². The van der Waals surface area contributed by atoms with Crippen LogP contribution in [0.25, 0.3) is 22.2 Å². The molecule has 0 aliphatic heterocycles. The lowest BCUT2D eigenvalue weighted by molar-refractivity contribution is 0.488. The van der Waals surface area contributed by atoms with Gasteiger partial charge in [0.05, 0.1) is 0 Å². The topological polar surface area (TPSA) is 52.1 Å². The lowest BCUT2D eigenvalue weighted by Gasteiger charge is -1.87. The first-order valence-electron chi connectivity index (χ1n) is 8.07. The second kappa shape index (κ2) is 8.13. The van der Waals surface area contributed by atoms with E-state index in [1.807, 2.05) is 76.2 Å². The molecule has 2 aromatic heterocycles. The maximum atomic E-state index is 5.66. The molecule has 4 rings (SSSR count). The zero-order valence-corrected chi connectivity index (χ0v) is 14.0. The predicted molar refractivity (Wildman–Crippen MR) is 93.5 cm³/mol. The third kappa shape index (κ3) is 3.77. The fraction of sp³-hybridized carbons (Fsp3) is 0.263. The molecule has 0 atom stereocenters. The van der Waals surface area contributed by atoms with Gasteiger partial charge in [0.1, 0.15) is 17.5 Å². The SMILES string of the molecule is CC.CC.c1ccc2oc(Cc3nc4ccccc4o3)nc2c1. The van der Waals surface area contributed by atoms with Gasteiger partial charge in [0.25, 0.3) is 0 Å². The molecule has 4 aromatic rings. The number of hydrogen-bond acceptors (Lipinski definition) is 4. The fourth-order valence-electron chi connectivity index (χ4n) is 2.12. The third-order valence-corrected chi connectivity index (χ3v) is 2.98. The molecule has 120 valence electrons. The van der Waals surface area contributed by atoms with E-state index in [0.717, 1.165) is 22.2 Å². The maximum Gasteiger partial charge on any atom is 0.204 e. The van der Waals surface area contributed by atoms with Crippen LogP contribution >= 0.6 is 0 Å². The summed E-state index contributed by atoms with van der Waals surface area (Å²) in [5.74, 6) is 1.24. The van der Waals surface area contributed by atoms with E-state index in [-0.39, 0.29) is 0 Å². The van der Waals surface area contributed by atoms with Crippen molar-refractivity contribution >= 4 is 22.2 Å². The van der Waals surface area contributed by atoms with Crippen LogP contribution in [0, 0.1) is 0 Å². The Morgan fingerprint density at radius 1 is 0.652 bits per heavy atom. The minimum atomic E-state index is 0.462. The van der Waals surface area contributed by atoms with Crippen LogP contribution in [0.3, 0.4) is 0 Å². The molecule has 0 amide bonds. The molecule has 0 saturated heterocycles. The molecule has 0 unspecified atom stereocenters. The molecule has 23 heavy (non-hydrogen) atoms. The molecule has 0 fully saturated rings. The minimum Gasteiger partial charge on any atom is -0.440 e. The first-order chi connectivity index (χ1) is 11.4. The summed E-state index contributed by atoms with van der Waals surface area (Å²) in [5, 5.41) is 0. The van der Waals surface area contributed by atoms with Crippen LogP contribution < -0.4 is 0 Å². The number of nitrogens with zero attached hydrogens (tertiary/aromatic N) is 2. The highest BCUT2D eigenvalue weighted by atomic mass is 16.4. The monoisotopic (exact) mass is 310 g/mol. The lowest BCUT2D eigenvalue weighted by atomic mass is 10.3. The molecular formula is C19H22N2O2. The van der Waals surface area contributed by atoms with E-state index in [4.69, 9.17) is 8.83 Å². The van der Waals surface area contributed by atoms with Gasteiger partial charge in [-0.3, -0.25) is 0 Å². The first kappa shape index (κ1) is 16.7. The Kier molecular flexibility index (Phi) is 5.92. The number of benzene rings is 2. The van der Waals surface area contributed by atoms with Gasteiger partial charge in [-0.05, 0) is 24.3 Å². The molecule has 4 nitrogen and oxygen atoms in total. The average Bonchev–Trinajstić information content (AvgIpc) is 3.21. The summed E-state index contributed by atoms with van der Waals surface area (Å²) >= 11 is 0. The summed E-state index contributed by atoms with van der Waals surface area (Å²) in [7, 11) is 0. The number of aromatic nitrogens is 2. The molecule has 0 aliphatic rings. The zero-order chi connectivity index (χ0) is 16.7. The molecular weight excluding hydrogens is 288 g/mol. The van der Waals surface area contributed by atoms with E-state index >= 15 is 0 Å². The van der Waals surface area contributed by atoms with Crippen molar-refractivity contribution in [3.8, 4) is 0 Å². The number of oxazole rings is 2. The Morgan fingerprint density at radius 3 is 1.43 bits per heavy atom. The number of fused-ring (bicyclic) bond motifs is 2. The second-order valence-electron chi connectivity index (χ2n) is 4.33. The molecule has 0 radical (unpaired) electrons. The summed E-state index contributed by atoms with van der Waals surface area (Å²) in [6.07, 6.45) is 0.462. The standard InChI is InChI=1S/C15H10N2O2.2C2H6/c1-3-7-12-10(5-1)16-14(18-12)9-15-17-11-6-2-4-8-13(11)19-15;2*1-2/h1-8H,9H2;2*1-2H3. The van der Waals surface area contributed by atoms with Gasteiger partial charge in [0, 0.05) is 0 Å². The van der Waals surface area contributed by atoms with Crippen LogP contribution in [0.2, 0.25) is 0 Å². The highest BCUT2D eigenvalue weighted by Crippen LogP contribution is 2.20. The number of hydrogen-bond donors (Lipinski definition) is 0. The van der Waals surface area contributed by atoms with Crippen molar-refractivity contribution in [1.82, 2.24) is 9.97 Å². The zero-order valence-electron chi connectivity index (χ0n) is 14.0. The van der Waals surface area contributed by atoms with E-state index < -0.39 is 0 Å². The Balaban J connectivity index is 0.000000448. The fourth-order valence-corrected chi connectivity index (χ4v) is 2.12. The molecule has 0 saturated carbocycles. The number of rotatable bonds is 2. The molecule has 4 heteroatoms. The lowest BCUT2D eigenvalue weighted by Crippen LogP contribution is -1.87. The minimum absolute atomic E-state index is 0.462. The van der Waals surface area contributed by atoms with Crippen molar-refractivity contribution in [1.29, 1.82) is 0 Å². The molecule has 0 N–H and O–H groups in total. The molecule has 0 spiro atoms. The Morgan fingerprint density at radius 2 is 1.04 bits per heavy atom.